The maximum atomic E-state index is 12.3. The summed E-state index contributed by atoms with van der Waals surface area (Å²) < 4.78 is 45.9. The number of methoxy groups -OCH3 is 1. The summed E-state index contributed by atoms with van der Waals surface area (Å²) in [6.07, 6.45) is -3.27. The number of nitrogens with zero attached hydrogens (tertiary/aromatic N) is 1. The number of rotatable bonds is 3. The number of benzene rings is 1. The summed E-state index contributed by atoms with van der Waals surface area (Å²) >= 11 is 0. The molecule has 0 spiro atoms. The van der Waals surface area contributed by atoms with E-state index in [4.69, 9.17) is 4.74 Å². The van der Waals surface area contributed by atoms with E-state index in [-0.39, 0.29) is 5.75 Å². The predicted molar refractivity (Wildman–Crippen MR) is 62.9 cm³/mol. The lowest BCUT2D eigenvalue weighted by Crippen LogP contribution is -2.17. The average Bonchev–Trinajstić information content (AvgIpc) is 2.37. The number of para-hydroxylation sites is 1. The first kappa shape index (κ1) is 13.2. The molecule has 2 rings (SSSR count). The molecule has 3 nitrogen and oxygen atoms in total. The second-order valence-corrected chi connectivity index (χ2v) is 3.63. The summed E-state index contributed by atoms with van der Waals surface area (Å²) in [7, 11) is 1.43. The van der Waals surface area contributed by atoms with Crippen molar-refractivity contribution >= 4 is 0 Å². The van der Waals surface area contributed by atoms with Crippen molar-refractivity contribution in [3.63, 3.8) is 0 Å². The molecule has 0 amide bonds. The van der Waals surface area contributed by atoms with Crippen molar-refractivity contribution in [3.8, 4) is 22.8 Å². The molecule has 2 aromatic rings. The fourth-order valence-electron chi connectivity index (χ4n) is 1.61. The van der Waals surface area contributed by atoms with Crippen LogP contribution in [-0.2, 0) is 0 Å². The number of aromatic nitrogens is 1. The number of alkyl halides is 3. The zero-order chi connectivity index (χ0) is 13.9. The Labute approximate surface area is 107 Å². The Hall–Kier alpha value is -2.24. The van der Waals surface area contributed by atoms with Crippen LogP contribution in [0.5, 0.6) is 11.6 Å². The third-order valence-corrected chi connectivity index (χ3v) is 2.37. The molecule has 0 radical (unpaired) electrons. The largest absolute Gasteiger partial charge is 0.573 e. The molecule has 1 aromatic heterocycles. The summed E-state index contributed by atoms with van der Waals surface area (Å²) in [5, 5.41) is 0. The van der Waals surface area contributed by atoms with Crippen LogP contribution in [0.4, 0.5) is 13.2 Å². The molecular formula is C13H10F3NO2. The van der Waals surface area contributed by atoms with Crippen LogP contribution < -0.4 is 9.47 Å². The van der Waals surface area contributed by atoms with Gasteiger partial charge in [0.15, 0.2) is 0 Å². The predicted octanol–water partition coefficient (Wildman–Crippen LogP) is 3.66. The molecule has 0 saturated heterocycles. The second kappa shape index (κ2) is 5.17. The maximum Gasteiger partial charge on any atom is 0.573 e. The first-order valence-corrected chi connectivity index (χ1v) is 5.35. The number of hydrogen-bond donors (Lipinski definition) is 0. The topological polar surface area (TPSA) is 31.4 Å². The van der Waals surface area contributed by atoms with Gasteiger partial charge in [-0.1, -0.05) is 18.2 Å². The fraction of sp³-hybridized carbons (Fsp3) is 0.154. The van der Waals surface area contributed by atoms with Crippen molar-refractivity contribution in [2.75, 3.05) is 7.11 Å². The highest BCUT2D eigenvalue weighted by Crippen LogP contribution is 2.34. The van der Waals surface area contributed by atoms with Crippen LogP contribution in [0.1, 0.15) is 0 Å². The van der Waals surface area contributed by atoms with Gasteiger partial charge in [0.1, 0.15) is 5.75 Å². The van der Waals surface area contributed by atoms with Gasteiger partial charge in [-0.05, 0) is 17.7 Å². The van der Waals surface area contributed by atoms with Gasteiger partial charge < -0.3 is 9.47 Å². The molecule has 100 valence electrons. The molecule has 0 aliphatic rings. The molecule has 0 N–H and O–H groups in total. The third kappa shape index (κ3) is 3.37. The fourth-order valence-corrected chi connectivity index (χ4v) is 1.61. The Morgan fingerprint density at radius 2 is 1.84 bits per heavy atom. The Morgan fingerprint density at radius 3 is 2.53 bits per heavy atom. The molecule has 0 aliphatic heterocycles. The maximum absolute atomic E-state index is 12.3. The summed E-state index contributed by atoms with van der Waals surface area (Å²) in [4.78, 5) is 3.90. The third-order valence-electron chi connectivity index (χ3n) is 2.37. The molecule has 0 saturated carbocycles. The van der Waals surface area contributed by atoms with Crippen molar-refractivity contribution in [1.82, 2.24) is 4.98 Å². The Morgan fingerprint density at radius 1 is 1.11 bits per heavy atom. The van der Waals surface area contributed by atoms with Crippen molar-refractivity contribution in [2.45, 2.75) is 6.36 Å². The van der Waals surface area contributed by atoms with Crippen LogP contribution in [0.2, 0.25) is 0 Å². The van der Waals surface area contributed by atoms with Crippen LogP contribution in [-0.4, -0.2) is 18.5 Å². The normalized spacial score (nSPS) is 11.2. The van der Waals surface area contributed by atoms with Crippen LogP contribution in [0, 0.1) is 0 Å². The summed E-state index contributed by atoms with van der Waals surface area (Å²) in [6.45, 7) is 0. The summed E-state index contributed by atoms with van der Waals surface area (Å²) in [5.41, 5.74) is 0.854. The highest BCUT2D eigenvalue weighted by Gasteiger charge is 2.32. The van der Waals surface area contributed by atoms with Gasteiger partial charge in [0.05, 0.1) is 7.11 Å². The Bertz CT molecular complexity index is 570. The number of pyridine rings is 1. The quantitative estimate of drug-likeness (QED) is 0.852. The highest BCUT2D eigenvalue weighted by atomic mass is 19.4. The minimum absolute atomic E-state index is 0.261. The Balaban J connectivity index is 2.44. The lowest BCUT2D eigenvalue weighted by molar-refractivity contribution is -0.274. The van der Waals surface area contributed by atoms with Crippen LogP contribution in [0.15, 0.2) is 42.6 Å². The van der Waals surface area contributed by atoms with Gasteiger partial charge >= 0.3 is 6.36 Å². The number of halogens is 3. The SMILES string of the molecule is COc1cc(-c2ccccc2OC(F)(F)F)ccn1. The first-order valence-electron chi connectivity index (χ1n) is 5.35. The van der Waals surface area contributed by atoms with Crippen LogP contribution in [0.25, 0.3) is 11.1 Å². The zero-order valence-corrected chi connectivity index (χ0v) is 9.94. The van der Waals surface area contributed by atoms with E-state index in [1.165, 1.54) is 31.5 Å². The molecule has 0 fully saturated rings. The van der Waals surface area contributed by atoms with Crippen LogP contribution in [0.3, 0.4) is 0 Å². The highest BCUT2D eigenvalue weighted by molar-refractivity contribution is 5.70. The van der Waals surface area contributed by atoms with E-state index >= 15 is 0 Å². The van der Waals surface area contributed by atoms with Gasteiger partial charge in [0.2, 0.25) is 5.88 Å². The molecular weight excluding hydrogens is 259 g/mol. The number of ether oxygens (including phenoxy) is 2. The summed E-state index contributed by atoms with van der Waals surface area (Å²) in [6, 6.07) is 9.03. The molecule has 19 heavy (non-hydrogen) atoms. The van der Waals surface area contributed by atoms with Gasteiger partial charge in [0, 0.05) is 17.8 Å². The molecule has 1 heterocycles. The molecule has 0 atom stereocenters. The molecule has 0 bridgehead atoms. The van der Waals surface area contributed by atoms with E-state index in [0.717, 1.165) is 0 Å². The van der Waals surface area contributed by atoms with Crippen molar-refractivity contribution in [3.05, 3.63) is 42.6 Å². The molecule has 0 unspecified atom stereocenters. The number of hydrogen-bond acceptors (Lipinski definition) is 3. The monoisotopic (exact) mass is 269 g/mol. The van der Waals surface area contributed by atoms with Crippen molar-refractivity contribution in [2.24, 2.45) is 0 Å². The van der Waals surface area contributed by atoms with E-state index in [1.54, 1.807) is 18.2 Å². The molecule has 1 aromatic carbocycles. The van der Waals surface area contributed by atoms with Crippen LogP contribution >= 0.6 is 0 Å². The minimum Gasteiger partial charge on any atom is -0.481 e. The summed E-state index contributed by atoms with van der Waals surface area (Å²) in [5.74, 6) is 0.0579. The van der Waals surface area contributed by atoms with E-state index < -0.39 is 6.36 Å². The molecule has 0 aliphatic carbocycles. The van der Waals surface area contributed by atoms with Gasteiger partial charge in [-0.15, -0.1) is 13.2 Å². The van der Waals surface area contributed by atoms with Crippen molar-refractivity contribution < 1.29 is 22.6 Å². The lowest BCUT2D eigenvalue weighted by atomic mass is 10.1. The second-order valence-electron chi connectivity index (χ2n) is 3.63. The first-order chi connectivity index (χ1) is 8.99. The average molecular weight is 269 g/mol. The van der Waals surface area contributed by atoms with E-state index in [2.05, 4.69) is 9.72 Å². The van der Waals surface area contributed by atoms with E-state index in [0.29, 0.717) is 17.0 Å². The standard InChI is InChI=1S/C13H10F3NO2/c1-18-12-8-9(6-7-17-12)10-4-2-3-5-11(10)19-13(14,15)16/h2-8H,1H3. The van der Waals surface area contributed by atoms with E-state index in [1.807, 2.05) is 0 Å². The Kier molecular flexibility index (Phi) is 3.59. The van der Waals surface area contributed by atoms with E-state index in [9.17, 15) is 13.2 Å². The van der Waals surface area contributed by atoms with Gasteiger partial charge in [0.25, 0.3) is 0 Å². The van der Waals surface area contributed by atoms with Gasteiger partial charge in [-0.25, -0.2) is 4.98 Å². The molecule has 6 heteroatoms. The van der Waals surface area contributed by atoms with Gasteiger partial charge in [-0.3, -0.25) is 0 Å². The smallest absolute Gasteiger partial charge is 0.481 e. The van der Waals surface area contributed by atoms with Gasteiger partial charge in [-0.2, -0.15) is 0 Å². The minimum atomic E-state index is -4.73. The van der Waals surface area contributed by atoms with Crippen molar-refractivity contribution in [1.29, 1.82) is 0 Å². The lowest BCUT2D eigenvalue weighted by Gasteiger charge is -2.13. The zero-order valence-electron chi connectivity index (χ0n) is 9.94.